The molecule has 0 fully saturated rings. The van der Waals surface area contributed by atoms with Gasteiger partial charge in [-0.1, -0.05) is 0 Å². The lowest BCUT2D eigenvalue weighted by atomic mass is 9.98. The van der Waals surface area contributed by atoms with E-state index in [1.165, 1.54) is 6.07 Å². The van der Waals surface area contributed by atoms with Gasteiger partial charge in [0.05, 0.1) is 5.69 Å². The van der Waals surface area contributed by atoms with Crippen molar-refractivity contribution in [3.05, 3.63) is 29.8 Å². The number of likely N-dealkylation sites (N-methyl/N-ethyl adjacent to an activating group) is 1. The molecule has 0 amide bonds. The molecule has 0 unspecified atom stereocenters. The molecule has 1 aromatic heterocycles. The van der Waals surface area contributed by atoms with E-state index in [2.05, 4.69) is 10.3 Å². The van der Waals surface area contributed by atoms with Gasteiger partial charge in [0.2, 0.25) is 0 Å². The maximum absolute atomic E-state index is 13.2. The molecular formula is C10H15FN2. The summed E-state index contributed by atoms with van der Waals surface area (Å²) < 4.78 is 13.2. The fraction of sp³-hybridized carbons (Fsp3) is 0.500. The van der Waals surface area contributed by atoms with Crippen molar-refractivity contribution in [3.8, 4) is 0 Å². The average molecular weight is 182 g/mol. The van der Waals surface area contributed by atoms with E-state index < -0.39 is 0 Å². The zero-order valence-corrected chi connectivity index (χ0v) is 8.26. The van der Waals surface area contributed by atoms with E-state index in [9.17, 15) is 4.39 Å². The molecule has 72 valence electrons. The standard InChI is InChI=1S/C10H15FN2/c1-10(2,12-3)7-9-8(11)5-4-6-13-9/h4-6,12H,7H2,1-3H3. The van der Waals surface area contributed by atoms with Crippen LogP contribution in [0.5, 0.6) is 0 Å². The number of hydrogen-bond donors (Lipinski definition) is 1. The predicted molar refractivity (Wildman–Crippen MR) is 51.0 cm³/mol. The number of rotatable bonds is 3. The summed E-state index contributed by atoms with van der Waals surface area (Å²) in [6.45, 7) is 4.03. The highest BCUT2D eigenvalue weighted by atomic mass is 19.1. The van der Waals surface area contributed by atoms with Crippen molar-refractivity contribution < 1.29 is 4.39 Å². The fourth-order valence-electron chi connectivity index (χ4n) is 1.06. The molecule has 0 aliphatic heterocycles. The largest absolute Gasteiger partial charge is 0.314 e. The molecular weight excluding hydrogens is 167 g/mol. The Kier molecular flexibility index (Phi) is 2.98. The van der Waals surface area contributed by atoms with Gasteiger partial charge in [-0.2, -0.15) is 0 Å². The highest BCUT2D eigenvalue weighted by Gasteiger charge is 2.18. The average Bonchev–Trinajstić information content (AvgIpc) is 2.09. The first-order valence-corrected chi connectivity index (χ1v) is 4.33. The summed E-state index contributed by atoms with van der Waals surface area (Å²) in [4.78, 5) is 4.00. The maximum atomic E-state index is 13.2. The zero-order chi connectivity index (χ0) is 9.90. The Morgan fingerprint density at radius 1 is 1.54 bits per heavy atom. The molecule has 1 heterocycles. The van der Waals surface area contributed by atoms with Crippen LogP contribution < -0.4 is 5.32 Å². The lowest BCUT2D eigenvalue weighted by Crippen LogP contribution is -2.38. The highest BCUT2D eigenvalue weighted by molar-refractivity contribution is 5.10. The topological polar surface area (TPSA) is 24.9 Å². The predicted octanol–water partition coefficient (Wildman–Crippen LogP) is 1.76. The Morgan fingerprint density at radius 2 is 2.23 bits per heavy atom. The van der Waals surface area contributed by atoms with Crippen LogP contribution in [-0.4, -0.2) is 17.6 Å². The lowest BCUT2D eigenvalue weighted by Gasteiger charge is -2.23. The van der Waals surface area contributed by atoms with Crippen molar-refractivity contribution in [3.63, 3.8) is 0 Å². The van der Waals surface area contributed by atoms with Gasteiger partial charge in [-0.15, -0.1) is 0 Å². The third-order valence-electron chi connectivity index (χ3n) is 2.12. The second-order valence-corrected chi connectivity index (χ2v) is 3.74. The summed E-state index contributed by atoms with van der Waals surface area (Å²) in [6.07, 6.45) is 2.21. The number of pyridine rings is 1. The van der Waals surface area contributed by atoms with E-state index in [-0.39, 0.29) is 11.4 Å². The third-order valence-corrected chi connectivity index (χ3v) is 2.12. The Hall–Kier alpha value is -0.960. The van der Waals surface area contributed by atoms with Crippen molar-refractivity contribution in [2.75, 3.05) is 7.05 Å². The molecule has 0 aromatic carbocycles. The van der Waals surface area contributed by atoms with E-state index in [1.807, 2.05) is 20.9 Å². The molecule has 13 heavy (non-hydrogen) atoms. The van der Waals surface area contributed by atoms with Gasteiger partial charge in [0.25, 0.3) is 0 Å². The van der Waals surface area contributed by atoms with E-state index in [4.69, 9.17) is 0 Å². The van der Waals surface area contributed by atoms with Crippen molar-refractivity contribution in [1.29, 1.82) is 0 Å². The molecule has 0 aliphatic carbocycles. The summed E-state index contributed by atoms with van der Waals surface area (Å²) in [6, 6.07) is 3.04. The summed E-state index contributed by atoms with van der Waals surface area (Å²) in [5.74, 6) is -0.231. The highest BCUT2D eigenvalue weighted by Crippen LogP contribution is 2.12. The quantitative estimate of drug-likeness (QED) is 0.770. The summed E-state index contributed by atoms with van der Waals surface area (Å²) >= 11 is 0. The summed E-state index contributed by atoms with van der Waals surface area (Å²) in [5, 5.41) is 3.11. The van der Waals surface area contributed by atoms with Gasteiger partial charge in [-0.3, -0.25) is 4.98 Å². The fourth-order valence-corrected chi connectivity index (χ4v) is 1.06. The third kappa shape index (κ3) is 2.77. The van der Waals surface area contributed by atoms with Crippen LogP contribution in [0.2, 0.25) is 0 Å². The minimum Gasteiger partial charge on any atom is -0.314 e. The molecule has 3 heteroatoms. The second kappa shape index (κ2) is 3.83. The minimum absolute atomic E-state index is 0.116. The molecule has 0 saturated carbocycles. The summed E-state index contributed by atoms with van der Waals surface area (Å²) in [5.41, 5.74) is 0.400. The molecule has 0 aliphatic rings. The van der Waals surface area contributed by atoms with Crippen molar-refractivity contribution in [2.45, 2.75) is 25.8 Å². The van der Waals surface area contributed by atoms with E-state index in [0.717, 1.165) is 0 Å². The van der Waals surface area contributed by atoms with E-state index >= 15 is 0 Å². The second-order valence-electron chi connectivity index (χ2n) is 3.74. The molecule has 0 spiro atoms. The van der Waals surface area contributed by atoms with Gasteiger partial charge < -0.3 is 5.32 Å². The molecule has 2 nitrogen and oxygen atoms in total. The van der Waals surface area contributed by atoms with Crippen molar-refractivity contribution in [1.82, 2.24) is 10.3 Å². The number of nitrogens with zero attached hydrogens (tertiary/aromatic N) is 1. The van der Waals surface area contributed by atoms with Crippen LogP contribution in [0.25, 0.3) is 0 Å². The Morgan fingerprint density at radius 3 is 2.77 bits per heavy atom. The number of nitrogens with one attached hydrogen (secondary N) is 1. The Bertz CT molecular complexity index is 284. The first kappa shape index (κ1) is 10.1. The van der Waals surface area contributed by atoms with Crippen molar-refractivity contribution in [2.24, 2.45) is 0 Å². The van der Waals surface area contributed by atoms with Gasteiger partial charge in [0.1, 0.15) is 5.82 Å². The van der Waals surface area contributed by atoms with Gasteiger partial charge in [-0.25, -0.2) is 4.39 Å². The maximum Gasteiger partial charge on any atom is 0.144 e. The Labute approximate surface area is 78.2 Å². The zero-order valence-electron chi connectivity index (χ0n) is 8.26. The molecule has 1 rings (SSSR count). The van der Waals surface area contributed by atoms with Gasteiger partial charge >= 0.3 is 0 Å². The lowest BCUT2D eigenvalue weighted by molar-refractivity contribution is 0.408. The first-order chi connectivity index (χ1) is 6.05. The summed E-state index contributed by atoms with van der Waals surface area (Å²) in [7, 11) is 1.86. The number of halogens is 1. The van der Waals surface area contributed by atoms with Gasteiger partial charge in [-0.05, 0) is 33.0 Å². The molecule has 1 aromatic rings. The first-order valence-electron chi connectivity index (χ1n) is 4.33. The molecule has 0 bridgehead atoms. The smallest absolute Gasteiger partial charge is 0.144 e. The van der Waals surface area contributed by atoms with Crippen LogP contribution in [0.3, 0.4) is 0 Å². The van der Waals surface area contributed by atoms with Crippen LogP contribution in [0, 0.1) is 5.82 Å². The van der Waals surface area contributed by atoms with Crippen LogP contribution in [0.15, 0.2) is 18.3 Å². The molecule has 1 N–H and O–H groups in total. The molecule has 0 radical (unpaired) electrons. The SMILES string of the molecule is CNC(C)(C)Cc1ncccc1F. The van der Waals surface area contributed by atoms with E-state index in [1.54, 1.807) is 12.3 Å². The normalized spacial score (nSPS) is 11.7. The molecule has 0 saturated heterocycles. The van der Waals surface area contributed by atoms with Crippen LogP contribution in [0.4, 0.5) is 4.39 Å². The minimum atomic E-state index is -0.231. The molecule has 0 atom stereocenters. The Balaban J connectivity index is 2.80. The van der Waals surface area contributed by atoms with Crippen LogP contribution >= 0.6 is 0 Å². The number of hydrogen-bond acceptors (Lipinski definition) is 2. The number of aromatic nitrogens is 1. The monoisotopic (exact) mass is 182 g/mol. The van der Waals surface area contributed by atoms with Crippen LogP contribution in [-0.2, 0) is 6.42 Å². The van der Waals surface area contributed by atoms with Crippen LogP contribution in [0.1, 0.15) is 19.5 Å². The van der Waals surface area contributed by atoms with Gasteiger partial charge in [0, 0.05) is 18.2 Å². The van der Waals surface area contributed by atoms with Crippen molar-refractivity contribution >= 4 is 0 Å². The van der Waals surface area contributed by atoms with Gasteiger partial charge in [0.15, 0.2) is 0 Å². The van der Waals surface area contributed by atoms with E-state index in [0.29, 0.717) is 12.1 Å².